The summed E-state index contributed by atoms with van der Waals surface area (Å²) in [5, 5.41) is 13.5. The van der Waals surface area contributed by atoms with Crippen LogP contribution in [0.25, 0.3) is 0 Å². The highest BCUT2D eigenvalue weighted by molar-refractivity contribution is 5.04. The highest BCUT2D eigenvalue weighted by Crippen LogP contribution is 2.28. The number of halogens is 2. The first-order valence-corrected chi connectivity index (χ1v) is 7.57. The minimum Gasteiger partial charge on any atom is -0.389 e. The van der Waals surface area contributed by atoms with Crippen LogP contribution in [0.4, 0.5) is 8.78 Å². The van der Waals surface area contributed by atoms with Crippen molar-refractivity contribution in [3.8, 4) is 0 Å². The van der Waals surface area contributed by atoms with Crippen LogP contribution >= 0.6 is 0 Å². The molecule has 3 atom stereocenters. The Labute approximate surface area is 128 Å². The van der Waals surface area contributed by atoms with Crippen molar-refractivity contribution in [1.29, 1.82) is 0 Å². The maximum atomic E-state index is 13.2. The van der Waals surface area contributed by atoms with E-state index in [9.17, 15) is 13.9 Å². The van der Waals surface area contributed by atoms with Crippen LogP contribution in [-0.4, -0.2) is 65.4 Å². The van der Waals surface area contributed by atoms with Gasteiger partial charge < -0.3 is 15.2 Å². The topological polar surface area (TPSA) is 57.6 Å². The molecule has 3 heterocycles. The van der Waals surface area contributed by atoms with E-state index >= 15 is 0 Å². The van der Waals surface area contributed by atoms with Gasteiger partial charge in [0.25, 0.3) is 5.92 Å². The van der Waals surface area contributed by atoms with Crippen molar-refractivity contribution in [2.24, 2.45) is 0 Å². The smallest absolute Gasteiger partial charge is 0.261 e. The number of aliphatic hydroxyl groups excluding tert-OH is 1. The summed E-state index contributed by atoms with van der Waals surface area (Å²) in [6, 6.07) is 5.45. The van der Waals surface area contributed by atoms with Gasteiger partial charge in [-0.25, -0.2) is 8.78 Å². The van der Waals surface area contributed by atoms with Crippen molar-refractivity contribution in [3.63, 3.8) is 0 Å². The molecule has 122 valence electrons. The van der Waals surface area contributed by atoms with Gasteiger partial charge in [-0.05, 0) is 12.1 Å². The van der Waals surface area contributed by atoms with E-state index in [1.807, 2.05) is 18.2 Å². The lowest BCUT2D eigenvalue weighted by atomic mass is 10.1. The van der Waals surface area contributed by atoms with E-state index in [-0.39, 0.29) is 19.0 Å². The molecule has 7 heteroatoms. The van der Waals surface area contributed by atoms with Crippen LogP contribution in [0.5, 0.6) is 0 Å². The van der Waals surface area contributed by atoms with Gasteiger partial charge >= 0.3 is 0 Å². The van der Waals surface area contributed by atoms with Gasteiger partial charge in [-0.3, -0.25) is 9.88 Å². The van der Waals surface area contributed by atoms with Gasteiger partial charge in [0.15, 0.2) is 0 Å². The second kappa shape index (κ2) is 6.54. The van der Waals surface area contributed by atoms with Gasteiger partial charge in [0, 0.05) is 32.3 Å². The van der Waals surface area contributed by atoms with E-state index in [0.29, 0.717) is 26.2 Å². The predicted molar refractivity (Wildman–Crippen MR) is 76.6 cm³/mol. The Morgan fingerprint density at radius 2 is 2.32 bits per heavy atom. The number of hydrogen-bond acceptors (Lipinski definition) is 5. The van der Waals surface area contributed by atoms with Crippen molar-refractivity contribution in [2.45, 2.75) is 37.1 Å². The zero-order chi connectivity index (χ0) is 15.6. The normalized spacial score (nSPS) is 31.7. The summed E-state index contributed by atoms with van der Waals surface area (Å²) in [5.41, 5.74) is 0.886. The molecule has 2 aliphatic rings. The number of hydrogen-bond donors (Lipinski definition) is 2. The molecule has 1 aromatic rings. The summed E-state index contributed by atoms with van der Waals surface area (Å²) in [6.07, 6.45) is 0.486. The van der Waals surface area contributed by atoms with Crippen LogP contribution in [-0.2, 0) is 11.3 Å². The molecule has 0 bridgehead atoms. The van der Waals surface area contributed by atoms with Crippen molar-refractivity contribution in [1.82, 2.24) is 15.2 Å². The molecule has 0 radical (unpaired) electrons. The quantitative estimate of drug-likeness (QED) is 0.835. The molecule has 22 heavy (non-hydrogen) atoms. The fourth-order valence-corrected chi connectivity index (χ4v) is 2.98. The number of rotatable bonds is 5. The van der Waals surface area contributed by atoms with E-state index in [4.69, 9.17) is 4.74 Å². The monoisotopic (exact) mass is 313 g/mol. The van der Waals surface area contributed by atoms with Gasteiger partial charge in [-0.2, -0.15) is 0 Å². The molecular weight excluding hydrogens is 292 g/mol. The summed E-state index contributed by atoms with van der Waals surface area (Å²) in [4.78, 5) is 5.87. The zero-order valence-electron chi connectivity index (χ0n) is 12.3. The molecule has 2 aliphatic heterocycles. The third-order valence-electron chi connectivity index (χ3n) is 4.24. The van der Waals surface area contributed by atoms with Gasteiger partial charge in [0.1, 0.15) is 0 Å². The molecule has 0 aliphatic carbocycles. The zero-order valence-corrected chi connectivity index (χ0v) is 12.3. The standard InChI is InChI=1S/C15H21F2N3O2/c16-15(17)4-6-20(10-15)8-13-14(21)12(9-22-13)19-7-11-3-1-2-5-18-11/h1-3,5,12-14,19,21H,4,6-10H2. The molecular formula is C15H21F2N3O2. The van der Waals surface area contributed by atoms with Crippen LogP contribution in [0.2, 0.25) is 0 Å². The van der Waals surface area contributed by atoms with Crippen molar-refractivity contribution in [3.05, 3.63) is 30.1 Å². The van der Waals surface area contributed by atoms with E-state index in [2.05, 4.69) is 10.3 Å². The fraction of sp³-hybridized carbons (Fsp3) is 0.667. The molecule has 3 unspecified atom stereocenters. The van der Waals surface area contributed by atoms with Crippen LogP contribution in [0.15, 0.2) is 24.4 Å². The number of aliphatic hydroxyl groups is 1. The Bertz CT molecular complexity index is 489. The SMILES string of the molecule is OC1C(NCc2ccccn2)COC1CN1CCC(F)(F)C1. The van der Waals surface area contributed by atoms with E-state index in [1.165, 1.54) is 0 Å². The molecule has 0 amide bonds. The molecule has 5 nitrogen and oxygen atoms in total. The lowest BCUT2D eigenvalue weighted by Crippen LogP contribution is -2.44. The third-order valence-corrected chi connectivity index (χ3v) is 4.24. The average Bonchev–Trinajstić information content (AvgIpc) is 3.02. The fourth-order valence-electron chi connectivity index (χ4n) is 2.98. The second-order valence-corrected chi connectivity index (χ2v) is 6.01. The molecule has 0 aromatic carbocycles. The molecule has 2 N–H and O–H groups in total. The number of ether oxygens (including phenoxy) is 1. The Balaban J connectivity index is 1.47. The maximum Gasteiger partial charge on any atom is 0.261 e. The van der Waals surface area contributed by atoms with Crippen molar-refractivity contribution < 1.29 is 18.6 Å². The first-order chi connectivity index (χ1) is 10.5. The van der Waals surface area contributed by atoms with Crippen molar-refractivity contribution >= 4 is 0 Å². The Hall–Kier alpha value is -1.15. The van der Waals surface area contributed by atoms with E-state index < -0.39 is 18.1 Å². The minimum absolute atomic E-state index is 0.114. The average molecular weight is 313 g/mol. The first-order valence-electron chi connectivity index (χ1n) is 7.57. The molecule has 0 spiro atoms. The lowest BCUT2D eigenvalue weighted by Gasteiger charge is -2.23. The van der Waals surface area contributed by atoms with Crippen LogP contribution in [0, 0.1) is 0 Å². The summed E-state index contributed by atoms with van der Waals surface area (Å²) in [7, 11) is 0. The van der Waals surface area contributed by atoms with E-state index in [0.717, 1.165) is 5.69 Å². The largest absolute Gasteiger partial charge is 0.389 e. The van der Waals surface area contributed by atoms with Gasteiger partial charge in [0.05, 0.1) is 37.1 Å². The number of nitrogens with one attached hydrogen (secondary N) is 1. The second-order valence-electron chi connectivity index (χ2n) is 6.01. The number of alkyl halides is 2. The molecule has 2 saturated heterocycles. The number of likely N-dealkylation sites (tertiary alicyclic amines) is 1. The van der Waals surface area contributed by atoms with Gasteiger partial charge in [-0.15, -0.1) is 0 Å². The highest BCUT2D eigenvalue weighted by Gasteiger charge is 2.42. The first kappa shape index (κ1) is 15.7. The summed E-state index contributed by atoms with van der Waals surface area (Å²) < 4.78 is 31.9. The Morgan fingerprint density at radius 3 is 3.00 bits per heavy atom. The predicted octanol–water partition coefficient (Wildman–Crippen LogP) is 0.640. The van der Waals surface area contributed by atoms with Crippen LogP contribution in [0.1, 0.15) is 12.1 Å². The lowest BCUT2D eigenvalue weighted by molar-refractivity contribution is -0.00739. The minimum atomic E-state index is -2.61. The Kier molecular flexibility index (Phi) is 4.67. The summed E-state index contributed by atoms with van der Waals surface area (Å²) in [5.74, 6) is -2.61. The van der Waals surface area contributed by atoms with Crippen LogP contribution in [0.3, 0.4) is 0 Å². The summed E-state index contributed by atoms with van der Waals surface area (Å²) >= 11 is 0. The number of pyridine rings is 1. The Morgan fingerprint density at radius 1 is 1.45 bits per heavy atom. The van der Waals surface area contributed by atoms with E-state index in [1.54, 1.807) is 11.1 Å². The molecule has 0 saturated carbocycles. The molecule has 3 rings (SSSR count). The van der Waals surface area contributed by atoms with Crippen molar-refractivity contribution in [2.75, 3.05) is 26.2 Å². The van der Waals surface area contributed by atoms with Gasteiger partial charge in [-0.1, -0.05) is 6.07 Å². The molecule has 2 fully saturated rings. The number of aromatic nitrogens is 1. The molecule has 1 aromatic heterocycles. The maximum absolute atomic E-state index is 13.2. The van der Waals surface area contributed by atoms with Gasteiger partial charge in [0.2, 0.25) is 0 Å². The highest BCUT2D eigenvalue weighted by atomic mass is 19.3. The van der Waals surface area contributed by atoms with Crippen LogP contribution < -0.4 is 5.32 Å². The summed E-state index contributed by atoms with van der Waals surface area (Å²) in [6.45, 7) is 1.37. The third kappa shape index (κ3) is 3.78. The number of nitrogens with zero attached hydrogens (tertiary/aromatic N) is 2.